The molecule has 2 atom stereocenters. The molecular formula is C19H22N2O4S. The Balaban J connectivity index is 1.71. The van der Waals surface area contributed by atoms with Crippen LogP contribution in [0.15, 0.2) is 29.6 Å². The van der Waals surface area contributed by atoms with E-state index in [4.69, 9.17) is 9.47 Å². The average Bonchev–Trinajstić information content (AvgIpc) is 3.06. The topological polar surface area (TPSA) is 77.5 Å². The highest BCUT2D eigenvalue weighted by atomic mass is 32.1. The minimum atomic E-state index is -0.875. The van der Waals surface area contributed by atoms with Gasteiger partial charge in [0.05, 0.1) is 17.7 Å². The number of carbonyl (C=O) groups is 2. The Hall–Kier alpha value is -2.41. The van der Waals surface area contributed by atoms with E-state index in [2.05, 4.69) is 10.3 Å². The lowest BCUT2D eigenvalue weighted by Crippen LogP contribution is -2.43. The first-order valence-corrected chi connectivity index (χ1v) is 9.49. The molecule has 0 aliphatic carbocycles. The fourth-order valence-corrected chi connectivity index (χ4v) is 3.45. The lowest BCUT2D eigenvalue weighted by Gasteiger charge is -2.29. The molecule has 0 radical (unpaired) electrons. The molecule has 7 heteroatoms. The highest BCUT2D eigenvalue weighted by molar-refractivity contribution is 7.09. The van der Waals surface area contributed by atoms with Crippen molar-refractivity contribution in [2.24, 2.45) is 5.92 Å². The van der Waals surface area contributed by atoms with E-state index in [0.29, 0.717) is 13.0 Å². The Morgan fingerprint density at radius 2 is 2.12 bits per heavy atom. The fraction of sp³-hybridized carbons (Fsp3) is 0.421. The Kier molecular flexibility index (Phi) is 5.56. The third kappa shape index (κ3) is 4.04. The SMILES string of the molecule is Cc1nc(C(=O)O[C@@H](C(=O)N[C@H]2CCOc3ccccc32)C(C)C)cs1. The lowest BCUT2D eigenvalue weighted by molar-refractivity contribution is -0.133. The van der Waals surface area contributed by atoms with E-state index in [1.807, 2.05) is 45.0 Å². The zero-order valence-corrected chi connectivity index (χ0v) is 15.8. The van der Waals surface area contributed by atoms with E-state index in [9.17, 15) is 9.59 Å². The summed E-state index contributed by atoms with van der Waals surface area (Å²) in [5.74, 6) is -0.258. The van der Waals surface area contributed by atoms with Gasteiger partial charge in [0.2, 0.25) is 0 Å². The summed E-state index contributed by atoms with van der Waals surface area (Å²) >= 11 is 1.37. The van der Waals surface area contributed by atoms with E-state index in [1.165, 1.54) is 11.3 Å². The van der Waals surface area contributed by atoms with E-state index in [-0.39, 0.29) is 23.6 Å². The van der Waals surface area contributed by atoms with Crippen molar-refractivity contribution < 1.29 is 19.1 Å². The molecule has 1 aliphatic heterocycles. The van der Waals surface area contributed by atoms with Crippen LogP contribution in [0.4, 0.5) is 0 Å². The Morgan fingerprint density at radius 3 is 2.81 bits per heavy atom. The maximum atomic E-state index is 12.8. The minimum Gasteiger partial charge on any atom is -0.493 e. The number of amides is 1. The van der Waals surface area contributed by atoms with Gasteiger partial charge in [-0.1, -0.05) is 32.0 Å². The van der Waals surface area contributed by atoms with Crippen LogP contribution < -0.4 is 10.1 Å². The molecule has 1 aliphatic rings. The lowest BCUT2D eigenvalue weighted by atomic mass is 9.99. The molecule has 2 heterocycles. The van der Waals surface area contributed by atoms with Crippen LogP contribution in [-0.4, -0.2) is 29.6 Å². The number of nitrogens with one attached hydrogen (secondary N) is 1. The zero-order valence-electron chi connectivity index (χ0n) is 15.0. The largest absolute Gasteiger partial charge is 0.493 e. The van der Waals surface area contributed by atoms with Crippen molar-refractivity contribution in [1.29, 1.82) is 0 Å². The molecule has 1 aromatic heterocycles. The Labute approximate surface area is 156 Å². The van der Waals surface area contributed by atoms with Gasteiger partial charge in [0.1, 0.15) is 5.75 Å². The number of nitrogens with zero attached hydrogens (tertiary/aromatic N) is 1. The molecule has 0 bridgehead atoms. The Bertz CT molecular complexity index is 802. The zero-order chi connectivity index (χ0) is 18.7. The molecule has 1 amide bonds. The van der Waals surface area contributed by atoms with Gasteiger partial charge in [-0.3, -0.25) is 4.79 Å². The molecule has 0 spiro atoms. The molecular weight excluding hydrogens is 352 g/mol. The number of aromatic nitrogens is 1. The second kappa shape index (κ2) is 7.86. The molecule has 0 unspecified atom stereocenters. The van der Waals surface area contributed by atoms with E-state index in [1.54, 1.807) is 5.38 Å². The molecule has 0 fully saturated rings. The van der Waals surface area contributed by atoms with Crippen molar-refractivity contribution in [3.05, 3.63) is 45.9 Å². The number of hydrogen-bond acceptors (Lipinski definition) is 6. The third-order valence-electron chi connectivity index (χ3n) is 4.20. The van der Waals surface area contributed by atoms with Crippen molar-refractivity contribution in [2.45, 2.75) is 39.3 Å². The molecule has 3 rings (SSSR count). The van der Waals surface area contributed by atoms with Gasteiger partial charge in [-0.15, -0.1) is 11.3 Å². The smallest absolute Gasteiger partial charge is 0.358 e. The summed E-state index contributed by atoms with van der Waals surface area (Å²) in [5.41, 5.74) is 1.18. The summed E-state index contributed by atoms with van der Waals surface area (Å²) in [5, 5.41) is 5.42. The van der Waals surface area contributed by atoms with Crippen LogP contribution in [-0.2, 0) is 9.53 Å². The normalized spacial score (nSPS) is 17.2. The number of rotatable bonds is 5. The number of carbonyl (C=O) groups excluding carboxylic acids is 2. The predicted molar refractivity (Wildman–Crippen MR) is 98.3 cm³/mol. The summed E-state index contributed by atoms with van der Waals surface area (Å²) < 4.78 is 11.1. The maximum absolute atomic E-state index is 12.8. The molecule has 1 aromatic carbocycles. The number of benzene rings is 1. The van der Waals surface area contributed by atoms with E-state index >= 15 is 0 Å². The standard InChI is InChI=1S/C19H22N2O4S/c1-11(2)17(25-19(23)15-10-26-12(3)20-15)18(22)21-14-8-9-24-16-7-5-4-6-13(14)16/h4-7,10-11,14,17H,8-9H2,1-3H3,(H,21,22)/t14-,17+/m0/s1. The van der Waals surface area contributed by atoms with Gasteiger partial charge in [0.15, 0.2) is 11.8 Å². The number of aryl methyl sites for hydroxylation is 1. The van der Waals surface area contributed by atoms with Crippen LogP contribution in [0.2, 0.25) is 0 Å². The van der Waals surface area contributed by atoms with Crippen LogP contribution in [0.3, 0.4) is 0 Å². The summed E-state index contributed by atoms with van der Waals surface area (Å²) in [4.78, 5) is 29.2. The monoisotopic (exact) mass is 374 g/mol. The number of ether oxygens (including phenoxy) is 2. The van der Waals surface area contributed by atoms with Gasteiger partial charge in [-0.2, -0.15) is 0 Å². The van der Waals surface area contributed by atoms with Gasteiger partial charge in [0, 0.05) is 17.4 Å². The van der Waals surface area contributed by atoms with E-state index < -0.39 is 12.1 Å². The summed E-state index contributed by atoms with van der Waals surface area (Å²) in [6.45, 7) is 6.05. The second-order valence-corrected chi connectivity index (χ2v) is 7.62. The first-order chi connectivity index (χ1) is 12.5. The maximum Gasteiger partial charge on any atom is 0.358 e. The number of thiazole rings is 1. The second-order valence-electron chi connectivity index (χ2n) is 6.56. The fourth-order valence-electron chi connectivity index (χ4n) is 2.87. The van der Waals surface area contributed by atoms with Crippen molar-refractivity contribution >= 4 is 23.2 Å². The minimum absolute atomic E-state index is 0.158. The third-order valence-corrected chi connectivity index (χ3v) is 4.97. The van der Waals surface area contributed by atoms with Crippen molar-refractivity contribution in [3.8, 4) is 5.75 Å². The molecule has 0 saturated carbocycles. The summed E-state index contributed by atoms with van der Waals surface area (Å²) in [6, 6.07) is 7.48. The molecule has 26 heavy (non-hydrogen) atoms. The molecule has 1 N–H and O–H groups in total. The van der Waals surface area contributed by atoms with Gasteiger partial charge in [-0.25, -0.2) is 9.78 Å². The van der Waals surface area contributed by atoms with Gasteiger partial charge < -0.3 is 14.8 Å². The van der Waals surface area contributed by atoms with Crippen LogP contribution in [0.5, 0.6) is 5.75 Å². The van der Waals surface area contributed by atoms with Crippen molar-refractivity contribution in [3.63, 3.8) is 0 Å². The number of para-hydroxylation sites is 1. The van der Waals surface area contributed by atoms with Crippen molar-refractivity contribution in [1.82, 2.24) is 10.3 Å². The molecule has 2 aromatic rings. The average molecular weight is 374 g/mol. The Morgan fingerprint density at radius 1 is 1.35 bits per heavy atom. The van der Waals surface area contributed by atoms with Gasteiger partial charge in [0.25, 0.3) is 5.91 Å². The van der Waals surface area contributed by atoms with Crippen LogP contribution in [0.1, 0.15) is 47.4 Å². The number of fused-ring (bicyclic) bond motifs is 1. The molecule has 6 nitrogen and oxygen atoms in total. The first-order valence-electron chi connectivity index (χ1n) is 8.61. The quantitative estimate of drug-likeness (QED) is 0.813. The van der Waals surface area contributed by atoms with Gasteiger partial charge >= 0.3 is 5.97 Å². The number of esters is 1. The van der Waals surface area contributed by atoms with Crippen LogP contribution >= 0.6 is 11.3 Å². The predicted octanol–water partition coefficient (Wildman–Crippen LogP) is 3.27. The number of hydrogen-bond donors (Lipinski definition) is 1. The van der Waals surface area contributed by atoms with Crippen molar-refractivity contribution in [2.75, 3.05) is 6.61 Å². The summed E-state index contributed by atoms with van der Waals surface area (Å²) in [6.07, 6.45) is -0.202. The van der Waals surface area contributed by atoms with Crippen LogP contribution in [0, 0.1) is 12.8 Å². The van der Waals surface area contributed by atoms with Crippen LogP contribution in [0.25, 0.3) is 0 Å². The summed E-state index contributed by atoms with van der Waals surface area (Å²) in [7, 11) is 0. The first kappa shape index (κ1) is 18.4. The van der Waals surface area contributed by atoms with Gasteiger partial charge in [-0.05, 0) is 18.9 Å². The molecule has 0 saturated heterocycles. The molecule has 138 valence electrons. The highest BCUT2D eigenvalue weighted by Gasteiger charge is 2.31. The van der Waals surface area contributed by atoms with E-state index in [0.717, 1.165) is 16.3 Å². The highest BCUT2D eigenvalue weighted by Crippen LogP contribution is 2.31.